The van der Waals surface area contributed by atoms with Crippen LogP contribution in [0, 0.1) is 0 Å². The predicted molar refractivity (Wildman–Crippen MR) is 76.6 cm³/mol. The molecule has 0 aromatic heterocycles. The molecule has 1 atom stereocenters. The molecule has 1 aromatic rings. The SMILES string of the molecule is CC(C)(C)OC(=O)NC(C=O)c1ccccc1C1CC1. The number of hydrogen-bond donors (Lipinski definition) is 1. The Morgan fingerprint density at radius 3 is 2.55 bits per heavy atom. The first-order chi connectivity index (χ1) is 9.40. The molecule has 20 heavy (non-hydrogen) atoms. The Labute approximate surface area is 119 Å². The number of rotatable bonds is 4. The normalized spacial score (nSPS) is 16.4. The molecule has 0 radical (unpaired) electrons. The van der Waals surface area contributed by atoms with Crippen LogP contribution in [-0.4, -0.2) is 18.0 Å². The topological polar surface area (TPSA) is 55.4 Å². The molecular weight excluding hydrogens is 254 g/mol. The van der Waals surface area contributed by atoms with Gasteiger partial charge in [0.05, 0.1) is 0 Å². The van der Waals surface area contributed by atoms with Crippen LogP contribution in [0.5, 0.6) is 0 Å². The maximum atomic E-state index is 11.8. The molecule has 4 heteroatoms. The van der Waals surface area contributed by atoms with E-state index < -0.39 is 17.7 Å². The summed E-state index contributed by atoms with van der Waals surface area (Å²) < 4.78 is 5.20. The summed E-state index contributed by atoms with van der Waals surface area (Å²) in [5, 5.41) is 2.63. The minimum absolute atomic E-state index is 0.522. The van der Waals surface area contributed by atoms with Crippen molar-refractivity contribution in [1.82, 2.24) is 5.32 Å². The van der Waals surface area contributed by atoms with E-state index in [4.69, 9.17) is 4.74 Å². The smallest absolute Gasteiger partial charge is 0.408 e. The van der Waals surface area contributed by atoms with E-state index >= 15 is 0 Å². The Hall–Kier alpha value is -1.84. The first-order valence-electron chi connectivity index (χ1n) is 6.94. The van der Waals surface area contributed by atoms with E-state index in [1.165, 1.54) is 0 Å². The van der Waals surface area contributed by atoms with E-state index in [0.717, 1.165) is 30.3 Å². The molecule has 1 aromatic carbocycles. The van der Waals surface area contributed by atoms with Gasteiger partial charge in [-0.2, -0.15) is 0 Å². The van der Waals surface area contributed by atoms with Crippen molar-refractivity contribution in [3.8, 4) is 0 Å². The first-order valence-corrected chi connectivity index (χ1v) is 6.94. The molecule has 1 saturated carbocycles. The molecule has 1 fully saturated rings. The van der Waals surface area contributed by atoms with Gasteiger partial charge in [0.25, 0.3) is 0 Å². The molecule has 0 bridgehead atoms. The molecule has 0 saturated heterocycles. The lowest BCUT2D eigenvalue weighted by atomic mass is 9.98. The molecule has 1 amide bonds. The molecule has 4 nitrogen and oxygen atoms in total. The van der Waals surface area contributed by atoms with Gasteiger partial charge >= 0.3 is 6.09 Å². The van der Waals surface area contributed by atoms with E-state index in [-0.39, 0.29) is 0 Å². The monoisotopic (exact) mass is 275 g/mol. The summed E-state index contributed by atoms with van der Waals surface area (Å²) in [6.45, 7) is 5.38. The van der Waals surface area contributed by atoms with Crippen LogP contribution >= 0.6 is 0 Å². The maximum Gasteiger partial charge on any atom is 0.408 e. The van der Waals surface area contributed by atoms with Crippen molar-refractivity contribution < 1.29 is 14.3 Å². The molecule has 2 rings (SSSR count). The van der Waals surface area contributed by atoms with E-state index in [1.807, 2.05) is 24.3 Å². The summed E-state index contributed by atoms with van der Waals surface area (Å²) in [7, 11) is 0. The van der Waals surface area contributed by atoms with Crippen LogP contribution in [0.4, 0.5) is 4.79 Å². The van der Waals surface area contributed by atoms with Gasteiger partial charge in [-0.15, -0.1) is 0 Å². The van der Waals surface area contributed by atoms with Crippen LogP contribution in [0.3, 0.4) is 0 Å². The zero-order valence-corrected chi connectivity index (χ0v) is 12.2. The standard InChI is InChI=1S/C16H21NO3/c1-16(2,3)20-15(19)17-14(10-18)13-7-5-4-6-12(13)11-8-9-11/h4-7,10-11,14H,8-9H2,1-3H3,(H,17,19). The second-order valence-electron chi connectivity index (χ2n) is 6.16. The molecule has 1 N–H and O–H groups in total. The van der Waals surface area contributed by atoms with Gasteiger partial charge in [-0.25, -0.2) is 4.79 Å². The van der Waals surface area contributed by atoms with E-state index in [0.29, 0.717) is 5.92 Å². The van der Waals surface area contributed by atoms with Crippen LogP contribution in [0.15, 0.2) is 24.3 Å². The van der Waals surface area contributed by atoms with Gasteiger partial charge in [-0.1, -0.05) is 24.3 Å². The summed E-state index contributed by atoms with van der Waals surface area (Å²) >= 11 is 0. The van der Waals surface area contributed by atoms with Crippen LogP contribution in [0.1, 0.15) is 56.7 Å². The summed E-state index contributed by atoms with van der Waals surface area (Å²) in [6.07, 6.45) is 2.48. The molecule has 1 unspecified atom stereocenters. The van der Waals surface area contributed by atoms with Gasteiger partial charge in [0.1, 0.15) is 17.9 Å². The van der Waals surface area contributed by atoms with E-state index in [1.54, 1.807) is 20.8 Å². The van der Waals surface area contributed by atoms with E-state index in [2.05, 4.69) is 5.32 Å². The third-order valence-corrected chi connectivity index (χ3v) is 3.16. The van der Waals surface area contributed by atoms with Crippen LogP contribution < -0.4 is 5.32 Å². The lowest BCUT2D eigenvalue weighted by Gasteiger charge is -2.22. The van der Waals surface area contributed by atoms with Gasteiger partial charge in [0, 0.05) is 0 Å². The number of hydrogen-bond acceptors (Lipinski definition) is 3. The minimum Gasteiger partial charge on any atom is -0.444 e. The van der Waals surface area contributed by atoms with Crippen LogP contribution in [0.25, 0.3) is 0 Å². The minimum atomic E-state index is -0.651. The molecule has 0 spiro atoms. The number of carbonyl (C=O) groups excluding carboxylic acids is 2. The second kappa shape index (κ2) is 5.65. The number of alkyl carbamates (subject to hydrolysis) is 1. The maximum absolute atomic E-state index is 11.8. The molecule has 1 aliphatic rings. The third-order valence-electron chi connectivity index (χ3n) is 3.16. The summed E-state index contributed by atoms with van der Waals surface area (Å²) in [6, 6.07) is 7.12. The quantitative estimate of drug-likeness (QED) is 0.857. The fourth-order valence-electron chi connectivity index (χ4n) is 2.18. The number of ether oxygens (including phenoxy) is 1. The van der Waals surface area contributed by atoms with Gasteiger partial charge in [-0.3, -0.25) is 0 Å². The van der Waals surface area contributed by atoms with Crippen molar-refractivity contribution in [2.24, 2.45) is 0 Å². The highest BCUT2D eigenvalue weighted by molar-refractivity contribution is 5.75. The van der Waals surface area contributed by atoms with Gasteiger partial charge < -0.3 is 14.8 Å². The van der Waals surface area contributed by atoms with Crippen LogP contribution in [0.2, 0.25) is 0 Å². The molecule has 1 aliphatic carbocycles. The molecular formula is C16H21NO3. The second-order valence-corrected chi connectivity index (χ2v) is 6.16. The Kier molecular flexibility index (Phi) is 4.12. The number of amides is 1. The average Bonchev–Trinajstić information content (AvgIpc) is 3.18. The van der Waals surface area contributed by atoms with Crippen LogP contribution in [-0.2, 0) is 9.53 Å². The molecule has 0 aliphatic heterocycles. The number of nitrogens with one attached hydrogen (secondary N) is 1. The average molecular weight is 275 g/mol. The Morgan fingerprint density at radius 1 is 1.35 bits per heavy atom. The molecule has 108 valence electrons. The van der Waals surface area contributed by atoms with Crippen molar-refractivity contribution >= 4 is 12.4 Å². The Balaban J connectivity index is 2.12. The van der Waals surface area contributed by atoms with Gasteiger partial charge in [0.15, 0.2) is 0 Å². The highest BCUT2D eigenvalue weighted by Crippen LogP contribution is 2.42. The number of benzene rings is 1. The number of aldehydes is 1. The largest absolute Gasteiger partial charge is 0.444 e. The zero-order chi connectivity index (χ0) is 14.8. The third kappa shape index (κ3) is 3.83. The predicted octanol–water partition coefficient (Wildman–Crippen LogP) is 3.33. The van der Waals surface area contributed by atoms with Crippen molar-refractivity contribution in [3.63, 3.8) is 0 Å². The zero-order valence-electron chi connectivity index (χ0n) is 12.2. The van der Waals surface area contributed by atoms with Crippen molar-refractivity contribution in [1.29, 1.82) is 0 Å². The molecule has 0 heterocycles. The Morgan fingerprint density at radius 2 is 2.00 bits per heavy atom. The summed E-state index contributed by atoms with van der Waals surface area (Å²) in [5.41, 5.74) is 1.45. The Bertz CT molecular complexity index is 501. The van der Waals surface area contributed by atoms with Crippen molar-refractivity contribution in [2.45, 2.75) is 51.2 Å². The van der Waals surface area contributed by atoms with Gasteiger partial charge in [0.2, 0.25) is 0 Å². The number of carbonyl (C=O) groups is 2. The summed E-state index contributed by atoms with van der Waals surface area (Å²) in [4.78, 5) is 23.1. The fraction of sp³-hybridized carbons (Fsp3) is 0.500. The van der Waals surface area contributed by atoms with Gasteiger partial charge in [-0.05, 0) is 50.7 Å². The fourth-order valence-corrected chi connectivity index (χ4v) is 2.18. The highest BCUT2D eigenvalue weighted by Gasteiger charge is 2.29. The first kappa shape index (κ1) is 14.6. The summed E-state index contributed by atoms with van der Waals surface area (Å²) in [5.74, 6) is 0.522. The van der Waals surface area contributed by atoms with Crippen molar-refractivity contribution in [3.05, 3.63) is 35.4 Å². The highest BCUT2D eigenvalue weighted by atomic mass is 16.6. The lowest BCUT2D eigenvalue weighted by Crippen LogP contribution is -2.35. The van der Waals surface area contributed by atoms with E-state index in [9.17, 15) is 9.59 Å². The van der Waals surface area contributed by atoms with Crippen molar-refractivity contribution in [2.75, 3.05) is 0 Å². The lowest BCUT2D eigenvalue weighted by molar-refractivity contribution is -0.109.